The van der Waals surface area contributed by atoms with Gasteiger partial charge in [0.15, 0.2) is 5.13 Å². The first kappa shape index (κ1) is 19.3. The number of aryl methyl sites for hydroxylation is 1. The first-order valence-electron chi connectivity index (χ1n) is 8.77. The highest BCUT2D eigenvalue weighted by atomic mass is 32.1. The van der Waals surface area contributed by atoms with Crippen molar-refractivity contribution in [3.05, 3.63) is 29.5 Å². The molecule has 2 aromatic rings. The van der Waals surface area contributed by atoms with E-state index < -0.39 is 5.54 Å². The van der Waals surface area contributed by atoms with E-state index in [-0.39, 0.29) is 11.8 Å². The van der Waals surface area contributed by atoms with E-state index in [0.29, 0.717) is 49.8 Å². The van der Waals surface area contributed by atoms with Gasteiger partial charge in [-0.15, -0.1) is 11.3 Å². The number of amides is 2. The van der Waals surface area contributed by atoms with Crippen LogP contribution in [0.3, 0.4) is 0 Å². The maximum Gasteiger partial charge on any atom is 0.257 e. The van der Waals surface area contributed by atoms with Crippen molar-refractivity contribution in [2.24, 2.45) is 7.05 Å². The Labute approximate surface area is 161 Å². The fourth-order valence-corrected chi connectivity index (χ4v) is 3.77. The molecule has 0 unspecified atom stereocenters. The molecule has 0 aliphatic carbocycles. The van der Waals surface area contributed by atoms with Crippen molar-refractivity contribution >= 4 is 28.3 Å². The van der Waals surface area contributed by atoms with E-state index in [1.54, 1.807) is 42.3 Å². The Morgan fingerprint density at radius 1 is 1.37 bits per heavy atom. The van der Waals surface area contributed by atoms with Crippen LogP contribution in [-0.2, 0) is 16.6 Å². The predicted molar refractivity (Wildman–Crippen MR) is 102 cm³/mol. The van der Waals surface area contributed by atoms with Gasteiger partial charge in [0.2, 0.25) is 5.91 Å². The Bertz CT molecular complexity index is 767. The molecule has 9 nitrogen and oxygen atoms in total. The van der Waals surface area contributed by atoms with Crippen LogP contribution in [0.25, 0.3) is 0 Å². The van der Waals surface area contributed by atoms with Crippen LogP contribution in [0.2, 0.25) is 0 Å². The van der Waals surface area contributed by atoms with Crippen molar-refractivity contribution in [1.29, 1.82) is 0 Å². The molecule has 2 aromatic heterocycles. The summed E-state index contributed by atoms with van der Waals surface area (Å²) in [6.07, 6.45) is 5.96. The van der Waals surface area contributed by atoms with E-state index in [1.165, 1.54) is 11.3 Å². The number of carbonyl (C=O) groups excluding carboxylic acids is 2. The number of hydrogen-bond donors (Lipinski definition) is 2. The number of rotatable bonds is 7. The Morgan fingerprint density at radius 3 is 2.74 bits per heavy atom. The second kappa shape index (κ2) is 8.49. The normalized spacial score (nSPS) is 16.1. The minimum absolute atomic E-state index is 0.0641. The molecule has 0 spiro atoms. The summed E-state index contributed by atoms with van der Waals surface area (Å²) >= 11 is 1.45. The SMILES string of the molecule is COCCNC(=O)C1(Nc2nccs2)CCN(C(=O)c2cnn(C)c2)CC1. The maximum atomic E-state index is 12.9. The lowest BCUT2D eigenvalue weighted by molar-refractivity contribution is -0.127. The standard InChI is InChI=1S/C17H24N6O3S/c1-22-12-13(11-20-22)14(24)23-7-3-17(4-8-23,15(25)18-5-9-26-2)21-16-19-6-10-27-16/h6,10-12H,3-5,7-9H2,1-2H3,(H,18,25)(H,19,21). The van der Waals surface area contributed by atoms with Crippen LogP contribution in [0.5, 0.6) is 0 Å². The van der Waals surface area contributed by atoms with Crippen LogP contribution in [0, 0.1) is 0 Å². The maximum absolute atomic E-state index is 12.9. The number of methoxy groups -OCH3 is 1. The topological polar surface area (TPSA) is 101 Å². The summed E-state index contributed by atoms with van der Waals surface area (Å²) in [5.41, 5.74) is -0.237. The quantitative estimate of drug-likeness (QED) is 0.674. The van der Waals surface area contributed by atoms with Gasteiger partial charge >= 0.3 is 0 Å². The summed E-state index contributed by atoms with van der Waals surface area (Å²) in [4.78, 5) is 31.6. The highest BCUT2D eigenvalue weighted by Crippen LogP contribution is 2.29. The minimum Gasteiger partial charge on any atom is -0.383 e. The molecule has 0 atom stereocenters. The fraction of sp³-hybridized carbons (Fsp3) is 0.529. The van der Waals surface area contributed by atoms with Crippen molar-refractivity contribution in [2.75, 3.05) is 38.7 Å². The van der Waals surface area contributed by atoms with E-state index in [9.17, 15) is 9.59 Å². The molecular weight excluding hydrogens is 368 g/mol. The molecule has 3 heterocycles. The molecule has 0 bridgehead atoms. The van der Waals surface area contributed by atoms with Gasteiger partial charge in [-0.05, 0) is 12.8 Å². The number of thiazole rings is 1. The molecule has 10 heteroatoms. The summed E-state index contributed by atoms with van der Waals surface area (Å²) in [5.74, 6) is -0.158. The molecule has 146 valence electrons. The smallest absolute Gasteiger partial charge is 0.257 e. The first-order valence-corrected chi connectivity index (χ1v) is 9.65. The lowest BCUT2D eigenvalue weighted by atomic mass is 9.86. The summed E-state index contributed by atoms with van der Waals surface area (Å²) in [6, 6.07) is 0. The van der Waals surface area contributed by atoms with Gasteiger partial charge in [-0.1, -0.05) is 0 Å². The highest BCUT2D eigenvalue weighted by Gasteiger charge is 2.43. The van der Waals surface area contributed by atoms with Crippen LogP contribution in [-0.4, -0.2) is 70.4 Å². The third-order valence-electron chi connectivity index (χ3n) is 4.66. The zero-order chi connectivity index (χ0) is 19.3. The second-order valence-corrected chi connectivity index (χ2v) is 7.38. The number of piperidine rings is 1. The lowest BCUT2D eigenvalue weighted by Gasteiger charge is -2.41. The van der Waals surface area contributed by atoms with Gasteiger partial charge in [0.25, 0.3) is 5.91 Å². The summed E-state index contributed by atoms with van der Waals surface area (Å²) < 4.78 is 6.62. The van der Waals surface area contributed by atoms with Crippen LogP contribution >= 0.6 is 11.3 Å². The largest absolute Gasteiger partial charge is 0.383 e. The van der Waals surface area contributed by atoms with Gasteiger partial charge in [-0.25, -0.2) is 4.98 Å². The van der Waals surface area contributed by atoms with Crippen LogP contribution in [0.15, 0.2) is 24.0 Å². The number of aromatic nitrogens is 3. The number of nitrogens with one attached hydrogen (secondary N) is 2. The minimum atomic E-state index is -0.794. The average molecular weight is 392 g/mol. The molecule has 27 heavy (non-hydrogen) atoms. The molecule has 1 aliphatic rings. The van der Waals surface area contributed by atoms with E-state index >= 15 is 0 Å². The van der Waals surface area contributed by atoms with Crippen LogP contribution in [0.1, 0.15) is 23.2 Å². The summed E-state index contributed by atoms with van der Waals surface area (Å²) in [6.45, 7) is 1.84. The van der Waals surface area contributed by atoms with Crippen LogP contribution in [0.4, 0.5) is 5.13 Å². The monoisotopic (exact) mass is 392 g/mol. The number of hydrogen-bond acceptors (Lipinski definition) is 7. The van der Waals surface area contributed by atoms with Crippen molar-refractivity contribution in [3.63, 3.8) is 0 Å². The lowest BCUT2D eigenvalue weighted by Crippen LogP contribution is -2.59. The second-order valence-electron chi connectivity index (χ2n) is 6.49. The Balaban J connectivity index is 1.69. The Morgan fingerprint density at radius 2 is 2.15 bits per heavy atom. The Kier molecular flexibility index (Phi) is 6.07. The van der Waals surface area contributed by atoms with Crippen molar-refractivity contribution in [2.45, 2.75) is 18.4 Å². The van der Waals surface area contributed by atoms with Crippen molar-refractivity contribution in [1.82, 2.24) is 25.0 Å². The molecule has 0 radical (unpaired) electrons. The first-order chi connectivity index (χ1) is 13.0. The van der Waals surface area contributed by atoms with E-state index in [1.807, 2.05) is 5.38 Å². The predicted octanol–water partition coefficient (Wildman–Crippen LogP) is 0.726. The number of carbonyl (C=O) groups is 2. The van der Waals surface area contributed by atoms with Gasteiger partial charge in [-0.2, -0.15) is 5.10 Å². The average Bonchev–Trinajstić information content (AvgIpc) is 3.33. The van der Waals surface area contributed by atoms with Crippen molar-refractivity contribution in [3.8, 4) is 0 Å². The van der Waals surface area contributed by atoms with Gasteiger partial charge in [-0.3, -0.25) is 14.3 Å². The number of ether oxygens (including phenoxy) is 1. The van der Waals surface area contributed by atoms with Gasteiger partial charge in [0, 0.05) is 51.6 Å². The van der Waals surface area contributed by atoms with Gasteiger partial charge < -0.3 is 20.3 Å². The van der Waals surface area contributed by atoms with Gasteiger partial charge in [0.1, 0.15) is 5.54 Å². The van der Waals surface area contributed by atoms with Gasteiger partial charge in [0.05, 0.1) is 18.4 Å². The number of anilines is 1. The highest BCUT2D eigenvalue weighted by molar-refractivity contribution is 7.13. The van der Waals surface area contributed by atoms with E-state index in [2.05, 4.69) is 20.7 Å². The molecular formula is C17H24N6O3S. The molecule has 3 rings (SSSR count). The Hall–Kier alpha value is -2.46. The van der Waals surface area contributed by atoms with Crippen molar-refractivity contribution < 1.29 is 14.3 Å². The molecule has 1 aliphatic heterocycles. The van der Waals surface area contributed by atoms with Crippen LogP contribution < -0.4 is 10.6 Å². The summed E-state index contributed by atoms with van der Waals surface area (Å²) in [7, 11) is 3.37. The zero-order valence-corrected chi connectivity index (χ0v) is 16.3. The molecule has 0 saturated carbocycles. The third kappa shape index (κ3) is 4.45. The molecule has 2 amide bonds. The van der Waals surface area contributed by atoms with E-state index in [4.69, 9.17) is 4.74 Å². The summed E-state index contributed by atoms with van der Waals surface area (Å²) in [5, 5.41) is 12.8. The third-order valence-corrected chi connectivity index (χ3v) is 5.35. The molecule has 2 N–H and O–H groups in total. The molecule has 1 saturated heterocycles. The molecule has 0 aromatic carbocycles. The number of nitrogens with zero attached hydrogens (tertiary/aromatic N) is 4. The number of likely N-dealkylation sites (tertiary alicyclic amines) is 1. The molecule has 1 fully saturated rings. The fourth-order valence-electron chi connectivity index (χ4n) is 3.14. The van der Waals surface area contributed by atoms with E-state index in [0.717, 1.165) is 0 Å². The zero-order valence-electron chi connectivity index (χ0n) is 15.5.